The molecule has 11 heteroatoms. The van der Waals surface area contributed by atoms with Crippen molar-refractivity contribution in [3.63, 3.8) is 0 Å². The molecule has 0 bridgehead atoms. The van der Waals surface area contributed by atoms with Gasteiger partial charge in [-0.3, -0.25) is 13.9 Å². The van der Waals surface area contributed by atoms with Gasteiger partial charge >= 0.3 is 0 Å². The van der Waals surface area contributed by atoms with Crippen molar-refractivity contribution in [2.24, 2.45) is 5.92 Å². The standard InChI is InChI=1S/C25H33Cl2N3O5S/c1-6-21(25(32)28-14-17(2)3)29(15-18-9-7-8-10-20(18)27)24(31)16-30(36(5,33)34)22-13-19(26)11-12-23(22)35-4/h7-13,17,21H,6,14-16H2,1-5H3,(H,28,32)/t21-/m1/s1. The number of sulfonamides is 1. The van der Waals surface area contributed by atoms with Crippen LogP contribution in [0.15, 0.2) is 42.5 Å². The summed E-state index contributed by atoms with van der Waals surface area (Å²) in [6, 6.07) is 10.7. The molecule has 0 saturated carbocycles. The molecule has 2 aromatic rings. The van der Waals surface area contributed by atoms with Gasteiger partial charge in [-0.2, -0.15) is 0 Å². The number of carbonyl (C=O) groups is 2. The average molecular weight is 559 g/mol. The number of hydrogen-bond donors (Lipinski definition) is 1. The summed E-state index contributed by atoms with van der Waals surface area (Å²) in [7, 11) is -2.54. The number of carbonyl (C=O) groups excluding carboxylic acids is 2. The van der Waals surface area contributed by atoms with E-state index in [1.165, 1.54) is 24.1 Å². The molecule has 0 spiro atoms. The van der Waals surface area contributed by atoms with Gasteiger partial charge in [0.2, 0.25) is 21.8 Å². The molecule has 0 radical (unpaired) electrons. The first-order valence-electron chi connectivity index (χ1n) is 11.5. The minimum Gasteiger partial charge on any atom is -0.495 e. The zero-order valence-corrected chi connectivity index (χ0v) is 23.5. The number of amides is 2. The number of nitrogens with one attached hydrogen (secondary N) is 1. The molecule has 2 rings (SSSR count). The van der Waals surface area contributed by atoms with Gasteiger partial charge in [-0.05, 0) is 42.2 Å². The fraction of sp³-hybridized carbons (Fsp3) is 0.440. The molecule has 0 aliphatic rings. The molecule has 0 saturated heterocycles. The number of anilines is 1. The van der Waals surface area contributed by atoms with Crippen LogP contribution in [-0.4, -0.2) is 57.6 Å². The van der Waals surface area contributed by atoms with Crippen molar-refractivity contribution < 1.29 is 22.7 Å². The molecule has 0 aliphatic heterocycles. The topological polar surface area (TPSA) is 96.0 Å². The third kappa shape index (κ3) is 8.01. The summed E-state index contributed by atoms with van der Waals surface area (Å²) < 4.78 is 31.8. The summed E-state index contributed by atoms with van der Waals surface area (Å²) in [5.74, 6) is -0.445. The average Bonchev–Trinajstić information content (AvgIpc) is 2.81. The monoisotopic (exact) mass is 557 g/mol. The lowest BCUT2D eigenvalue weighted by atomic mass is 10.1. The van der Waals surface area contributed by atoms with Crippen molar-refractivity contribution in [3.05, 3.63) is 58.1 Å². The van der Waals surface area contributed by atoms with Crippen molar-refractivity contribution in [2.75, 3.05) is 30.8 Å². The molecule has 0 aliphatic carbocycles. The summed E-state index contributed by atoms with van der Waals surface area (Å²) in [5, 5.41) is 3.59. The number of methoxy groups -OCH3 is 1. The van der Waals surface area contributed by atoms with E-state index in [1.54, 1.807) is 37.3 Å². The van der Waals surface area contributed by atoms with Gasteiger partial charge in [0.15, 0.2) is 0 Å². The Morgan fingerprint density at radius 3 is 2.33 bits per heavy atom. The van der Waals surface area contributed by atoms with Gasteiger partial charge in [0.05, 0.1) is 19.1 Å². The van der Waals surface area contributed by atoms with Crippen LogP contribution in [0.2, 0.25) is 10.0 Å². The third-order valence-electron chi connectivity index (χ3n) is 5.46. The van der Waals surface area contributed by atoms with E-state index in [-0.39, 0.29) is 34.8 Å². The fourth-order valence-electron chi connectivity index (χ4n) is 3.60. The minimum absolute atomic E-state index is 0.0242. The van der Waals surface area contributed by atoms with Gasteiger partial charge in [-0.15, -0.1) is 0 Å². The highest BCUT2D eigenvalue weighted by molar-refractivity contribution is 7.92. The Hall–Kier alpha value is -2.49. The molecule has 0 fully saturated rings. The Kier molecular flexibility index (Phi) is 10.9. The van der Waals surface area contributed by atoms with Crippen LogP contribution in [0.5, 0.6) is 5.75 Å². The smallest absolute Gasteiger partial charge is 0.244 e. The van der Waals surface area contributed by atoms with Gasteiger partial charge < -0.3 is 15.0 Å². The number of halogens is 2. The summed E-state index contributed by atoms with van der Waals surface area (Å²) >= 11 is 12.5. The molecular weight excluding hydrogens is 525 g/mol. The summed E-state index contributed by atoms with van der Waals surface area (Å²) in [6.45, 7) is 5.64. The van der Waals surface area contributed by atoms with E-state index in [9.17, 15) is 18.0 Å². The van der Waals surface area contributed by atoms with Gasteiger partial charge in [0.25, 0.3) is 0 Å². The highest BCUT2D eigenvalue weighted by Gasteiger charge is 2.33. The Balaban J connectivity index is 2.51. The predicted octanol–water partition coefficient (Wildman–Crippen LogP) is 4.35. The first kappa shape index (κ1) is 29.7. The summed E-state index contributed by atoms with van der Waals surface area (Å²) in [4.78, 5) is 28.2. The molecule has 0 unspecified atom stereocenters. The molecule has 1 N–H and O–H groups in total. The lowest BCUT2D eigenvalue weighted by molar-refractivity contribution is -0.140. The largest absolute Gasteiger partial charge is 0.495 e. The lowest BCUT2D eigenvalue weighted by Crippen LogP contribution is -2.52. The van der Waals surface area contributed by atoms with Crippen LogP contribution in [0.25, 0.3) is 0 Å². The van der Waals surface area contributed by atoms with Crippen LogP contribution in [-0.2, 0) is 26.2 Å². The highest BCUT2D eigenvalue weighted by atomic mass is 35.5. The van der Waals surface area contributed by atoms with Crippen LogP contribution in [0, 0.1) is 5.92 Å². The normalized spacial score (nSPS) is 12.2. The van der Waals surface area contributed by atoms with Crippen molar-refractivity contribution in [1.29, 1.82) is 0 Å². The van der Waals surface area contributed by atoms with Crippen molar-refractivity contribution in [1.82, 2.24) is 10.2 Å². The Morgan fingerprint density at radius 2 is 1.78 bits per heavy atom. The Labute approximate surface area is 223 Å². The summed E-state index contributed by atoms with van der Waals surface area (Å²) in [5.41, 5.74) is 0.754. The molecule has 198 valence electrons. The van der Waals surface area contributed by atoms with Crippen LogP contribution < -0.4 is 14.4 Å². The van der Waals surface area contributed by atoms with E-state index in [0.717, 1.165) is 10.6 Å². The highest BCUT2D eigenvalue weighted by Crippen LogP contribution is 2.33. The second-order valence-electron chi connectivity index (χ2n) is 8.76. The van der Waals surface area contributed by atoms with Crippen molar-refractivity contribution >= 4 is 50.7 Å². The van der Waals surface area contributed by atoms with E-state index >= 15 is 0 Å². The van der Waals surface area contributed by atoms with Crippen LogP contribution >= 0.6 is 23.2 Å². The van der Waals surface area contributed by atoms with Crippen LogP contribution in [0.3, 0.4) is 0 Å². The number of hydrogen-bond acceptors (Lipinski definition) is 5. The van der Waals surface area contributed by atoms with Crippen LogP contribution in [0.4, 0.5) is 5.69 Å². The SMILES string of the molecule is CC[C@H](C(=O)NCC(C)C)N(Cc1ccccc1Cl)C(=O)CN(c1cc(Cl)ccc1OC)S(C)(=O)=O. The predicted molar refractivity (Wildman–Crippen MR) is 144 cm³/mol. The fourth-order valence-corrected chi connectivity index (χ4v) is 4.81. The zero-order valence-electron chi connectivity index (χ0n) is 21.1. The quantitative estimate of drug-likeness (QED) is 0.418. The number of benzene rings is 2. The summed E-state index contributed by atoms with van der Waals surface area (Å²) in [6.07, 6.45) is 1.31. The maximum Gasteiger partial charge on any atom is 0.244 e. The number of ether oxygens (including phenoxy) is 1. The van der Waals surface area contributed by atoms with Gasteiger partial charge in [0, 0.05) is 23.1 Å². The second kappa shape index (κ2) is 13.2. The Morgan fingerprint density at radius 1 is 1.11 bits per heavy atom. The third-order valence-corrected chi connectivity index (χ3v) is 7.19. The zero-order chi connectivity index (χ0) is 27.0. The van der Waals surface area contributed by atoms with Crippen molar-refractivity contribution in [2.45, 2.75) is 39.8 Å². The molecule has 0 heterocycles. The van der Waals surface area contributed by atoms with E-state index in [4.69, 9.17) is 27.9 Å². The molecular formula is C25H33Cl2N3O5S. The molecule has 2 aromatic carbocycles. The Bertz CT molecular complexity index is 1170. The minimum atomic E-state index is -3.93. The maximum absolute atomic E-state index is 13.7. The van der Waals surface area contributed by atoms with E-state index in [2.05, 4.69) is 5.32 Å². The van der Waals surface area contributed by atoms with E-state index in [0.29, 0.717) is 23.6 Å². The van der Waals surface area contributed by atoms with Crippen LogP contribution in [0.1, 0.15) is 32.8 Å². The van der Waals surface area contributed by atoms with Crippen molar-refractivity contribution in [3.8, 4) is 5.75 Å². The maximum atomic E-state index is 13.7. The number of rotatable bonds is 12. The van der Waals surface area contributed by atoms with Gasteiger partial charge in [0.1, 0.15) is 18.3 Å². The van der Waals surface area contributed by atoms with E-state index in [1.807, 2.05) is 13.8 Å². The second-order valence-corrected chi connectivity index (χ2v) is 11.5. The van der Waals surface area contributed by atoms with Gasteiger partial charge in [-0.1, -0.05) is 62.2 Å². The molecule has 2 amide bonds. The first-order valence-corrected chi connectivity index (χ1v) is 14.1. The molecule has 36 heavy (non-hydrogen) atoms. The molecule has 1 atom stereocenters. The molecule has 0 aromatic heterocycles. The molecule has 8 nitrogen and oxygen atoms in total. The van der Waals surface area contributed by atoms with E-state index < -0.39 is 28.5 Å². The number of nitrogens with zero attached hydrogens (tertiary/aromatic N) is 2. The lowest BCUT2D eigenvalue weighted by Gasteiger charge is -2.33. The van der Waals surface area contributed by atoms with Gasteiger partial charge in [-0.25, -0.2) is 8.42 Å². The first-order chi connectivity index (χ1) is 16.9.